The molecule has 0 aliphatic rings. The van der Waals surface area contributed by atoms with E-state index in [0.29, 0.717) is 21.4 Å². The van der Waals surface area contributed by atoms with Crippen LogP contribution in [0.5, 0.6) is 5.75 Å². The van der Waals surface area contributed by atoms with Crippen molar-refractivity contribution in [1.82, 2.24) is 0 Å². The fraction of sp³-hybridized carbons (Fsp3) is 0.333. The van der Waals surface area contributed by atoms with E-state index in [1.807, 2.05) is 0 Å². The van der Waals surface area contributed by atoms with Gasteiger partial charge in [-0.2, -0.15) is 0 Å². The molecule has 14 heavy (non-hydrogen) atoms. The molecule has 0 aromatic heterocycles. The Labute approximate surface area is 92.4 Å². The average molecular weight is 236 g/mol. The summed E-state index contributed by atoms with van der Waals surface area (Å²) >= 11 is 11.7. The largest absolute Gasteiger partial charge is 0.491 e. The molecule has 0 amide bonds. The number of halogens is 2. The van der Waals surface area contributed by atoms with Gasteiger partial charge in [-0.3, -0.25) is 0 Å². The SMILES string of the molecule is NCc1c(Cl)cc(Cl)cc1OCCO. The summed E-state index contributed by atoms with van der Waals surface area (Å²) in [7, 11) is 0. The molecule has 3 nitrogen and oxygen atoms in total. The van der Waals surface area contributed by atoms with Gasteiger partial charge >= 0.3 is 0 Å². The third-order valence-electron chi connectivity index (χ3n) is 1.67. The molecule has 1 aromatic carbocycles. The van der Waals surface area contributed by atoms with E-state index < -0.39 is 0 Å². The number of aliphatic hydroxyl groups is 1. The monoisotopic (exact) mass is 235 g/mol. The Morgan fingerprint density at radius 2 is 2.07 bits per heavy atom. The summed E-state index contributed by atoms with van der Waals surface area (Å²) in [6, 6.07) is 3.24. The van der Waals surface area contributed by atoms with E-state index in [9.17, 15) is 0 Å². The zero-order chi connectivity index (χ0) is 10.6. The lowest BCUT2D eigenvalue weighted by molar-refractivity contribution is 0.200. The Bertz CT molecular complexity index is 318. The van der Waals surface area contributed by atoms with E-state index in [1.54, 1.807) is 12.1 Å². The lowest BCUT2D eigenvalue weighted by atomic mass is 10.2. The molecule has 1 rings (SSSR count). The summed E-state index contributed by atoms with van der Waals surface area (Å²) < 4.78 is 5.24. The predicted octanol–water partition coefficient (Wildman–Crippen LogP) is 1.82. The first-order chi connectivity index (χ1) is 6.69. The summed E-state index contributed by atoms with van der Waals surface area (Å²) in [6.45, 7) is 0.411. The fourth-order valence-corrected chi connectivity index (χ4v) is 1.61. The van der Waals surface area contributed by atoms with Gasteiger partial charge in [-0.05, 0) is 12.1 Å². The molecule has 0 unspecified atom stereocenters. The minimum Gasteiger partial charge on any atom is -0.491 e. The zero-order valence-electron chi connectivity index (χ0n) is 7.46. The molecular formula is C9H11Cl2NO2. The van der Waals surface area contributed by atoms with Gasteiger partial charge in [0.1, 0.15) is 12.4 Å². The van der Waals surface area contributed by atoms with Crippen LogP contribution in [-0.4, -0.2) is 18.3 Å². The van der Waals surface area contributed by atoms with Crippen LogP contribution in [-0.2, 0) is 6.54 Å². The van der Waals surface area contributed by atoms with Crippen LogP contribution >= 0.6 is 23.2 Å². The lowest BCUT2D eigenvalue weighted by Gasteiger charge is -2.11. The third-order valence-corrected chi connectivity index (χ3v) is 2.23. The quantitative estimate of drug-likeness (QED) is 0.838. The molecule has 0 heterocycles. The lowest BCUT2D eigenvalue weighted by Crippen LogP contribution is -2.06. The highest BCUT2D eigenvalue weighted by Crippen LogP contribution is 2.30. The highest BCUT2D eigenvalue weighted by molar-refractivity contribution is 6.35. The Kier molecular flexibility index (Phi) is 4.48. The molecule has 0 saturated carbocycles. The number of hydrogen-bond acceptors (Lipinski definition) is 3. The second-order valence-corrected chi connectivity index (χ2v) is 3.48. The van der Waals surface area contributed by atoms with E-state index >= 15 is 0 Å². The Hall–Kier alpha value is -0.480. The van der Waals surface area contributed by atoms with Crippen LogP contribution in [0.1, 0.15) is 5.56 Å². The van der Waals surface area contributed by atoms with Crippen LogP contribution in [0.25, 0.3) is 0 Å². The van der Waals surface area contributed by atoms with E-state index in [-0.39, 0.29) is 19.8 Å². The Morgan fingerprint density at radius 1 is 1.36 bits per heavy atom. The van der Waals surface area contributed by atoms with Gasteiger partial charge in [-0.15, -0.1) is 0 Å². The van der Waals surface area contributed by atoms with Crippen molar-refractivity contribution in [2.24, 2.45) is 5.73 Å². The third kappa shape index (κ3) is 2.75. The van der Waals surface area contributed by atoms with Gasteiger partial charge in [0.15, 0.2) is 0 Å². The maximum atomic E-state index is 8.61. The number of aliphatic hydroxyl groups excluding tert-OH is 1. The van der Waals surface area contributed by atoms with Crippen molar-refractivity contribution in [3.05, 3.63) is 27.7 Å². The van der Waals surface area contributed by atoms with Crippen molar-refractivity contribution >= 4 is 23.2 Å². The molecule has 0 spiro atoms. The highest BCUT2D eigenvalue weighted by atomic mass is 35.5. The van der Waals surface area contributed by atoms with Crippen LogP contribution in [0, 0.1) is 0 Å². The molecule has 0 bridgehead atoms. The molecule has 5 heteroatoms. The molecule has 0 atom stereocenters. The Morgan fingerprint density at radius 3 is 2.64 bits per heavy atom. The maximum Gasteiger partial charge on any atom is 0.126 e. The number of hydrogen-bond donors (Lipinski definition) is 2. The number of benzene rings is 1. The van der Waals surface area contributed by atoms with E-state index in [4.69, 9.17) is 38.8 Å². The molecular weight excluding hydrogens is 225 g/mol. The van der Waals surface area contributed by atoms with Gasteiger partial charge in [0.2, 0.25) is 0 Å². The minimum atomic E-state index is -0.0614. The smallest absolute Gasteiger partial charge is 0.126 e. The van der Waals surface area contributed by atoms with Crippen LogP contribution in [0.3, 0.4) is 0 Å². The topological polar surface area (TPSA) is 55.5 Å². The minimum absolute atomic E-state index is 0.0614. The van der Waals surface area contributed by atoms with Gasteiger partial charge in [0, 0.05) is 17.1 Å². The summed E-state index contributed by atoms with van der Waals surface area (Å²) in [5, 5.41) is 9.57. The molecule has 0 saturated heterocycles. The van der Waals surface area contributed by atoms with Crippen molar-refractivity contribution < 1.29 is 9.84 Å². The first kappa shape index (κ1) is 11.6. The van der Waals surface area contributed by atoms with Crippen molar-refractivity contribution in [1.29, 1.82) is 0 Å². The molecule has 0 radical (unpaired) electrons. The van der Waals surface area contributed by atoms with Gasteiger partial charge in [0.25, 0.3) is 0 Å². The van der Waals surface area contributed by atoms with Crippen molar-refractivity contribution in [2.45, 2.75) is 6.54 Å². The fourth-order valence-electron chi connectivity index (χ4n) is 1.06. The molecule has 3 N–H and O–H groups in total. The van der Waals surface area contributed by atoms with Crippen molar-refractivity contribution in [3.63, 3.8) is 0 Å². The number of nitrogens with two attached hydrogens (primary N) is 1. The van der Waals surface area contributed by atoms with E-state index in [2.05, 4.69) is 0 Å². The summed E-state index contributed by atoms with van der Waals surface area (Å²) in [6.07, 6.45) is 0. The second kappa shape index (κ2) is 5.41. The molecule has 1 aromatic rings. The number of ether oxygens (including phenoxy) is 1. The van der Waals surface area contributed by atoms with Crippen LogP contribution in [0.2, 0.25) is 10.0 Å². The highest BCUT2D eigenvalue weighted by Gasteiger charge is 2.08. The van der Waals surface area contributed by atoms with Gasteiger partial charge in [-0.25, -0.2) is 0 Å². The summed E-state index contributed by atoms with van der Waals surface area (Å²) in [5.41, 5.74) is 6.20. The van der Waals surface area contributed by atoms with E-state index in [1.165, 1.54) is 0 Å². The Balaban J connectivity index is 2.99. The first-order valence-corrected chi connectivity index (χ1v) is 4.86. The molecule has 0 aliphatic carbocycles. The molecule has 78 valence electrons. The summed E-state index contributed by atoms with van der Waals surface area (Å²) in [5.74, 6) is 0.527. The zero-order valence-corrected chi connectivity index (χ0v) is 8.98. The first-order valence-electron chi connectivity index (χ1n) is 4.10. The second-order valence-electron chi connectivity index (χ2n) is 2.64. The molecule has 0 aliphatic heterocycles. The number of rotatable bonds is 4. The van der Waals surface area contributed by atoms with Crippen molar-refractivity contribution in [2.75, 3.05) is 13.2 Å². The maximum absolute atomic E-state index is 8.61. The summed E-state index contributed by atoms with van der Waals surface area (Å²) in [4.78, 5) is 0. The predicted molar refractivity (Wildman–Crippen MR) is 56.9 cm³/mol. The van der Waals surface area contributed by atoms with Crippen LogP contribution in [0.15, 0.2) is 12.1 Å². The van der Waals surface area contributed by atoms with Gasteiger partial charge in [0.05, 0.1) is 11.6 Å². The normalized spacial score (nSPS) is 10.3. The van der Waals surface area contributed by atoms with E-state index in [0.717, 1.165) is 0 Å². The molecule has 0 fully saturated rings. The average Bonchev–Trinajstić information content (AvgIpc) is 2.14. The standard InChI is InChI=1S/C9H11Cl2NO2/c10-6-3-8(11)7(5-12)9(4-6)14-2-1-13/h3-4,13H,1-2,5,12H2. The van der Waals surface area contributed by atoms with Crippen molar-refractivity contribution in [3.8, 4) is 5.75 Å². The van der Waals surface area contributed by atoms with Crippen LogP contribution in [0.4, 0.5) is 0 Å². The van der Waals surface area contributed by atoms with Gasteiger partial charge < -0.3 is 15.6 Å². The van der Waals surface area contributed by atoms with Gasteiger partial charge in [-0.1, -0.05) is 23.2 Å². The van der Waals surface area contributed by atoms with Crippen LogP contribution < -0.4 is 10.5 Å².